The van der Waals surface area contributed by atoms with Gasteiger partial charge in [0.1, 0.15) is 11.6 Å². The lowest BCUT2D eigenvalue weighted by molar-refractivity contribution is 0.0701. The quantitative estimate of drug-likeness (QED) is 0.625. The predicted molar refractivity (Wildman–Crippen MR) is 106 cm³/mol. The molecule has 0 unspecified atom stereocenters. The Morgan fingerprint density at radius 3 is 2.72 bits per heavy atom. The number of piperidine rings is 1. The van der Waals surface area contributed by atoms with E-state index in [1.165, 1.54) is 12.1 Å². The van der Waals surface area contributed by atoms with Crippen molar-refractivity contribution in [2.45, 2.75) is 18.8 Å². The van der Waals surface area contributed by atoms with E-state index in [0.29, 0.717) is 48.2 Å². The van der Waals surface area contributed by atoms with Crippen LogP contribution in [0.2, 0.25) is 5.02 Å². The largest absolute Gasteiger partial charge is 0.496 e. The van der Waals surface area contributed by atoms with Crippen molar-refractivity contribution in [3.63, 3.8) is 0 Å². The van der Waals surface area contributed by atoms with Gasteiger partial charge < -0.3 is 14.2 Å². The van der Waals surface area contributed by atoms with Crippen LogP contribution in [0, 0.1) is 5.82 Å². The zero-order chi connectivity index (χ0) is 20.4. The molecule has 1 fully saturated rings. The summed E-state index contributed by atoms with van der Waals surface area (Å²) < 4.78 is 24.8. The van der Waals surface area contributed by atoms with Crippen LogP contribution >= 0.6 is 11.6 Å². The Morgan fingerprint density at radius 2 is 2.00 bits per heavy atom. The molecule has 0 radical (unpaired) electrons. The Hall–Kier alpha value is -2.93. The molecule has 0 spiro atoms. The van der Waals surface area contributed by atoms with E-state index >= 15 is 0 Å². The average molecular weight is 416 g/mol. The number of amides is 1. The standard InChI is InChI=1S/C21H19ClFN3O3/c1-28-18-5-3-2-4-16(18)21(27)26-10-8-13(9-11-26)20-24-19(25-29-20)15-7-6-14(22)12-17(15)23/h2-7,12-13H,8-11H2,1H3. The Balaban J connectivity index is 1.44. The van der Waals surface area contributed by atoms with Crippen molar-refractivity contribution in [1.82, 2.24) is 15.0 Å². The number of para-hydroxylation sites is 1. The number of likely N-dealkylation sites (tertiary alicyclic amines) is 1. The van der Waals surface area contributed by atoms with Crippen LogP contribution in [0.1, 0.15) is 35.0 Å². The van der Waals surface area contributed by atoms with Gasteiger partial charge in [-0.1, -0.05) is 28.9 Å². The zero-order valence-corrected chi connectivity index (χ0v) is 16.5. The molecule has 150 valence electrons. The van der Waals surface area contributed by atoms with Gasteiger partial charge in [-0.3, -0.25) is 4.79 Å². The SMILES string of the molecule is COc1ccccc1C(=O)N1CCC(c2nc(-c3ccc(Cl)cc3F)no2)CC1. The number of rotatable bonds is 4. The van der Waals surface area contributed by atoms with Crippen molar-refractivity contribution in [2.24, 2.45) is 0 Å². The summed E-state index contributed by atoms with van der Waals surface area (Å²) in [4.78, 5) is 19.0. The highest BCUT2D eigenvalue weighted by atomic mass is 35.5. The minimum atomic E-state index is -0.498. The topological polar surface area (TPSA) is 68.5 Å². The van der Waals surface area contributed by atoms with Crippen LogP contribution < -0.4 is 4.74 Å². The van der Waals surface area contributed by atoms with E-state index in [9.17, 15) is 9.18 Å². The molecule has 0 aliphatic carbocycles. The van der Waals surface area contributed by atoms with Crippen molar-refractivity contribution in [1.29, 1.82) is 0 Å². The molecule has 8 heteroatoms. The molecule has 1 aromatic heterocycles. The summed E-state index contributed by atoms with van der Waals surface area (Å²) in [6.07, 6.45) is 1.37. The van der Waals surface area contributed by atoms with Crippen LogP contribution in [0.4, 0.5) is 4.39 Å². The molecule has 0 saturated carbocycles. The van der Waals surface area contributed by atoms with Crippen molar-refractivity contribution in [2.75, 3.05) is 20.2 Å². The van der Waals surface area contributed by atoms with Gasteiger partial charge in [0.15, 0.2) is 0 Å². The maximum absolute atomic E-state index is 14.1. The lowest BCUT2D eigenvalue weighted by Crippen LogP contribution is -2.38. The van der Waals surface area contributed by atoms with E-state index in [1.807, 2.05) is 12.1 Å². The molecule has 2 aromatic carbocycles. The fraction of sp³-hybridized carbons (Fsp3) is 0.286. The van der Waals surface area contributed by atoms with Crippen LogP contribution in [0.5, 0.6) is 5.75 Å². The van der Waals surface area contributed by atoms with Gasteiger partial charge in [-0.25, -0.2) is 4.39 Å². The number of carbonyl (C=O) groups excluding carboxylic acids is 1. The molecule has 1 saturated heterocycles. The number of methoxy groups -OCH3 is 1. The lowest BCUT2D eigenvalue weighted by atomic mass is 9.96. The van der Waals surface area contributed by atoms with Crippen molar-refractivity contribution >= 4 is 17.5 Å². The second kappa shape index (κ2) is 8.21. The van der Waals surface area contributed by atoms with Gasteiger partial charge in [-0.05, 0) is 43.2 Å². The van der Waals surface area contributed by atoms with Crippen LogP contribution in [0.25, 0.3) is 11.4 Å². The molecule has 1 aliphatic heterocycles. The molecule has 0 N–H and O–H groups in total. The van der Waals surface area contributed by atoms with E-state index in [2.05, 4.69) is 10.1 Å². The Bertz CT molecular complexity index is 1030. The summed E-state index contributed by atoms with van der Waals surface area (Å²) in [5.74, 6) is 0.678. The molecule has 0 atom stereocenters. The average Bonchev–Trinajstić information content (AvgIpc) is 3.23. The first-order chi connectivity index (χ1) is 14.1. The highest BCUT2D eigenvalue weighted by molar-refractivity contribution is 6.30. The lowest BCUT2D eigenvalue weighted by Gasteiger charge is -2.30. The van der Waals surface area contributed by atoms with Gasteiger partial charge in [0.25, 0.3) is 5.91 Å². The van der Waals surface area contributed by atoms with Gasteiger partial charge in [0, 0.05) is 24.0 Å². The van der Waals surface area contributed by atoms with Gasteiger partial charge in [-0.2, -0.15) is 4.98 Å². The van der Waals surface area contributed by atoms with Crippen molar-refractivity contribution in [3.05, 3.63) is 64.8 Å². The van der Waals surface area contributed by atoms with Gasteiger partial charge in [0.2, 0.25) is 11.7 Å². The van der Waals surface area contributed by atoms with Crippen LogP contribution in [0.3, 0.4) is 0 Å². The normalized spacial score (nSPS) is 14.8. The number of benzene rings is 2. The highest BCUT2D eigenvalue weighted by Gasteiger charge is 2.29. The molecule has 2 heterocycles. The second-order valence-corrected chi connectivity index (χ2v) is 7.28. The number of ether oxygens (including phenoxy) is 1. The Kier molecular flexibility index (Phi) is 5.49. The third kappa shape index (κ3) is 3.96. The summed E-state index contributed by atoms with van der Waals surface area (Å²) in [6.45, 7) is 1.13. The highest BCUT2D eigenvalue weighted by Crippen LogP contribution is 2.31. The molecule has 3 aromatic rings. The summed E-state index contributed by atoms with van der Waals surface area (Å²) in [7, 11) is 1.55. The number of hydrogen-bond acceptors (Lipinski definition) is 5. The molecular formula is C21H19ClFN3O3. The summed E-state index contributed by atoms with van der Waals surface area (Å²) >= 11 is 5.79. The number of carbonyl (C=O) groups is 1. The number of halogens is 2. The predicted octanol–water partition coefficient (Wildman–Crippen LogP) is 4.56. The second-order valence-electron chi connectivity index (χ2n) is 6.85. The van der Waals surface area contributed by atoms with E-state index in [1.54, 1.807) is 30.2 Å². The van der Waals surface area contributed by atoms with E-state index < -0.39 is 5.82 Å². The minimum Gasteiger partial charge on any atom is -0.496 e. The van der Waals surface area contributed by atoms with Gasteiger partial charge in [-0.15, -0.1) is 0 Å². The molecule has 1 aliphatic rings. The van der Waals surface area contributed by atoms with Crippen LogP contribution in [0.15, 0.2) is 47.0 Å². The molecule has 4 rings (SSSR count). The van der Waals surface area contributed by atoms with E-state index in [-0.39, 0.29) is 23.2 Å². The zero-order valence-electron chi connectivity index (χ0n) is 15.8. The minimum absolute atomic E-state index is 0.0216. The van der Waals surface area contributed by atoms with E-state index in [0.717, 1.165) is 0 Å². The summed E-state index contributed by atoms with van der Waals surface area (Å²) in [6, 6.07) is 11.5. The van der Waals surface area contributed by atoms with E-state index in [4.69, 9.17) is 20.9 Å². The van der Waals surface area contributed by atoms with Gasteiger partial charge >= 0.3 is 0 Å². The molecule has 6 nitrogen and oxygen atoms in total. The van der Waals surface area contributed by atoms with Crippen LogP contribution in [-0.2, 0) is 0 Å². The molecule has 0 bridgehead atoms. The van der Waals surface area contributed by atoms with Crippen molar-refractivity contribution in [3.8, 4) is 17.1 Å². The first-order valence-electron chi connectivity index (χ1n) is 9.28. The van der Waals surface area contributed by atoms with Gasteiger partial charge in [0.05, 0.1) is 18.2 Å². The number of hydrogen-bond donors (Lipinski definition) is 0. The molecule has 1 amide bonds. The maximum Gasteiger partial charge on any atom is 0.257 e. The smallest absolute Gasteiger partial charge is 0.257 e. The molecular weight excluding hydrogens is 397 g/mol. The first kappa shape index (κ1) is 19.4. The fourth-order valence-electron chi connectivity index (χ4n) is 3.50. The number of nitrogens with zero attached hydrogens (tertiary/aromatic N) is 3. The third-order valence-electron chi connectivity index (χ3n) is 5.08. The third-order valence-corrected chi connectivity index (χ3v) is 5.32. The maximum atomic E-state index is 14.1. The van der Waals surface area contributed by atoms with Crippen LogP contribution in [-0.4, -0.2) is 41.1 Å². The van der Waals surface area contributed by atoms with Crippen molar-refractivity contribution < 1.29 is 18.4 Å². The Labute approximate surface area is 172 Å². The molecule has 29 heavy (non-hydrogen) atoms. The first-order valence-corrected chi connectivity index (χ1v) is 9.66. The summed E-state index contributed by atoms with van der Waals surface area (Å²) in [5.41, 5.74) is 0.792. The monoisotopic (exact) mass is 415 g/mol. The number of aromatic nitrogens is 2. The fourth-order valence-corrected chi connectivity index (χ4v) is 3.66. The Morgan fingerprint density at radius 1 is 1.24 bits per heavy atom. The summed E-state index contributed by atoms with van der Waals surface area (Å²) in [5, 5.41) is 4.22.